The van der Waals surface area contributed by atoms with Gasteiger partial charge in [0.2, 0.25) is 0 Å². The number of rotatable bonds is 10. The average molecular weight is 430 g/mol. The number of carbonyl (C=O) groups excluding carboxylic acids is 5. The number of ether oxygens (including phenoxy) is 6. The van der Waals surface area contributed by atoms with Crippen LogP contribution in [0.3, 0.4) is 0 Å². The molecule has 11 heteroatoms. The summed E-state index contributed by atoms with van der Waals surface area (Å²) < 4.78 is 32.1. The normalized spacial score (nSPS) is 26.6. The third-order valence-corrected chi connectivity index (χ3v) is 3.85. The van der Waals surface area contributed by atoms with Gasteiger partial charge in [-0.2, -0.15) is 0 Å². The van der Waals surface area contributed by atoms with Crippen molar-refractivity contribution in [2.45, 2.75) is 70.9 Å². The van der Waals surface area contributed by atoms with E-state index in [1.54, 1.807) is 0 Å². The Morgan fingerprint density at radius 3 is 1.90 bits per heavy atom. The molecule has 0 aliphatic carbocycles. The first kappa shape index (κ1) is 25.2. The van der Waals surface area contributed by atoms with E-state index >= 15 is 0 Å². The van der Waals surface area contributed by atoms with Gasteiger partial charge >= 0.3 is 23.9 Å². The predicted octanol–water partition coefficient (Wildman–Crippen LogP) is 0.230. The van der Waals surface area contributed by atoms with Gasteiger partial charge in [0.05, 0.1) is 6.10 Å². The highest BCUT2D eigenvalue weighted by Gasteiger charge is 2.53. The van der Waals surface area contributed by atoms with E-state index in [1.807, 2.05) is 0 Å². The highest BCUT2D eigenvalue weighted by atomic mass is 16.7. The molecule has 0 unspecified atom stereocenters. The topological polar surface area (TPSA) is 141 Å². The molecule has 11 nitrogen and oxygen atoms in total. The van der Waals surface area contributed by atoms with E-state index in [2.05, 4.69) is 6.58 Å². The quantitative estimate of drug-likeness (QED) is 0.203. The van der Waals surface area contributed by atoms with Crippen molar-refractivity contribution in [3.05, 3.63) is 12.7 Å². The monoisotopic (exact) mass is 430 g/mol. The lowest BCUT2D eigenvalue weighted by Gasteiger charge is -2.44. The largest absolute Gasteiger partial charge is 0.463 e. The molecule has 1 aliphatic heterocycles. The smallest absolute Gasteiger partial charge is 0.303 e. The Bertz CT molecular complexity index is 659. The van der Waals surface area contributed by atoms with E-state index in [4.69, 9.17) is 28.4 Å². The minimum Gasteiger partial charge on any atom is -0.463 e. The van der Waals surface area contributed by atoms with Crippen molar-refractivity contribution in [2.24, 2.45) is 0 Å². The van der Waals surface area contributed by atoms with Crippen molar-refractivity contribution in [3.63, 3.8) is 0 Å². The summed E-state index contributed by atoms with van der Waals surface area (Å²) in [6.07, 6.45) is -5.40. The molecule has 0 bridgehead atoms. The molecule has 1 aliphatic rings. The zero-order valence-corrected chi connectivity index (χ0v) is 17.2. The molecule has 0 amide bonds. The summed E-state index contributed by atoms with van der Waals surface area (Å²) in [5.41, 5.74) is 0. The van der Waals surface area contributed by atoms with Crippen molar-refractivity contribution in [3.8, 4) is 0 Å². The first-order valence-corrected chi connectivity index (χ1v) is 9.11. The summed E-state index contributed by atoms with van der Waals surface area (Å²) in [5, 5.41) is 0. The number of hydrogen-bond donors (Lipinski definition) is 0. The molecule has 1 rings (SSSR count). The lowest BCUT2D eigenvalue weighted by molar-refractivity contribution is -0.313. The standard InChI is InChI=1S/C19H26O11/c1-6-14(7-8-20)29-19-18(28-13(5)24)17(27-12(4)23)16(26-11(3)22)15(30-19)9-25-10(2)21/h6,8,14-19H,1,7,9H2,2-5H3/t14-,15-,16-,17+,18-,19-/m1/s1. The van der Waals surface area contributed by atoms with Crippen LogP contribution in [0.4, 0.5) is 0 Å². The third kappa shape index (κ3) is 7.91. The second-order valence-corrected chi connectivity index (χ2v) is 6.38. The molecule has 0 aromatic heterocycles. The van der Waals surface area contributed by atoms with Gasteiger partial charge in [-0.25, -0.2) is 0 Å². The summed E-state index contributed by atoms with van der Waals surface area (Å²) in [5.74, 6) is -2.87. The van der Waals surface area contributed by atoms with Crippen LogP contribution >= 0.6 is 0 Å². The Balaban J connectivity index is 3.35. The summed E-state index contributed by atoms with van der Waals surface area (Å²) in [6.45, 7) is 7.70. The number of hydrogen-bond acceptors (Lipinski definition) is 11. The van der Waals surface area contributed by atoms with Crippen molar-refractivity contribution >= 4 is 30.2 Å². The molecule has 0 radical (unpaired) electrons. The van der Waals surface area contributed by atoms with Gasteiger partial charge in [-0.3, -0.25) is 19.2 Å². The van der Waals surface area contributed by atoms with E-state index < -0.39 is 60.7 Å². The fourth-order valence-electron chi connectivity index (χ4n) is 2.77. The van der Waals surface area contributed by atoms with E-state index in [0.717, 1.165) is 20.8 Å². The Kier molecular flexibility index (Phi) is 10.1. The highest BCUT2D eigenvalue weighted by molar-refractivity contribution is 5.68. The second kappa shape index (κ2) is 12.0. The molecule has 1 fully saturated rings. The minimum atomic E-state index is -1.35. The minimum absolute atomic E-state index is 0.0730. The maximum absolute atomic E-state index is 11.7. The van der Waals surface area contributed by atoms with Gasteiger partial charge in [-0.05, 0) is 0 Å². The number of esters is 4. The number of carbonyl (C=O) groups is 5. The van der Waals surface area contributed by atoms with E-state index in [-0.39, 0.29) is 13.0 Å². The van der Waals surface area contributed by atoms with Crippen LogP contribution in [0.2, 0.25) is 0 Å². The van der Waals surface area contributed by atoms with Crippen molar-refractivity contribution in [2.75, 3.05) is 6.61 Å². The first-order chi connectivity index (χ1) is 14.1. The van der Waals surface area contributed by atoms with Crippen LogP contribution < -0.4 is 0 Å². The molecular weight excluding hydrogens is 404 g/mol. The molecule has 1 saturated heterocycles. The maximum Gasteiger partial charge on any atom is 0.303 e. The van der Waals surface area contributed by atoms with Crippen LogP contribution in [-0.4, -0.2) is 73.6 Å². The van der Waals surface area contributed by atoms with Crippen LogP contribution in [-0.2, 0) is 52.4 Å². The van der Waals surface area contributed by atoms with Crippen molar-refractivity contribution in [1.29, 1.82) is 0 Å². The molecule has 0 aromatic carbocycles. The van der Waals surface area contributed by atoms with Gasteiger partial charge in [-0.1, -0.05) is 6.08 Å². The Morgan fingerprint density at radius 1 is 0.900 bits per heavy atom. The van der Waals surface area contributed by atoms with Crippen LogP contribution in [0, 0.1) is 0 Å². The summed E-state index contributed by atoms with van der Waals surface area (Å²) in [6, 6.07) is 0. The van der Waals surface area contributed by atoms with Crippen molar-refractivity contribution < 1.29 is 52.4 Å². The van der Waals surface area contributed by atoms with Crippen LogP contribution in [0.1, 0.15) is 34.1 Å². The molecule has 1 heterocycles. The lowest BCUT2D eigenvalue weighted by Crippen LogP contribution is -2.63. The fraction of sp³-hybridized carbons (Fsp3) is 0.632. The first-order valence-electron chi connectivity index (χ1n) is 9.11. The third-order valence-electron chi connectivity index (χ3n) is 3.85. The fourth-order valence-corrected chi connectivity index (χ4v) is 2.77. The molecule has 0 aromatic rings. The molecular formula is C19H26O11. The van der Waals surface area contributed by atoms with Gasteiger partial charge in [-0.15, -0.1) is 6.58 Å². The Morgan fingerprint density at radius 2 is 1.43 bits per heavy atom. The Hall–Kier alpha value is -2.79. The summed E-state index contributed by atoms with van der Waals surface area (Å²) in [7, 11) is 0. The van der Waals surface area contributed by atoms with Gasteiger partial charge in [0.25, 0.3) is 0 Å². The zero-order valence-electron chi connectivity index (χ0n) is 17.2. The summed E-state index contributed by atoms with van der Waals surface area (Å²) >= 11 is 0. The highest BCUT2D eigenvalue weighted by Crippen LogP contribution is 2.30. The van der Waals surface area contributed by atoms with E-state index in [0.29, 0.717) is 6.29 Å². The van der Waals surface area contributed by atoms with Gasteiger partial charge < -0.3 is 33.2 Å². The van der Waals surface area contributed by atoms with E-state index in [1.165, 1.54) is 13.0 Å². The molecule has 6 atom stereocenters. The van der Waals surface area contributed by atoms with Gasteiger partial charge in [0.15, 0.2) is 24.6 Å². The molecule has 0 spiro atoms. The molecule has 30 heavy (non-hydrogen) atoms. The van der Waals surface area contributed by atoms with Gasteiger partial charge in [0.1, 0.15) is 19.0 Å². The van der Waals surface area contributed by atoms with Crippen LogP contribution in [0.5, 0.6) is 0 Å². The second-order valence-electron chi connectivity index (χ2n) is 6.38. The zero-order chi connectivity index (χ0) is 22.8. The molecule has 168 valence electrons. The van der Waals surface area contributed by atoms with Crippen LogP contribution in [0.15, 0.2) is 12.7 Å². The van der Waals surface area contributed by atoms with Crippen molar-refractivity contribution in [1.82, 2.24) is 0 Å². The number of aldehydes is 1. The molecule has 0 N–H and O–H groups in total. The lowest BCUT2D eigenvalue weighted by atomic mass is 9.98. The summed E-state index contributed by atoms with van der Waals surface area (Å²) in [4.78, 5) is 57.1. The predicted molar refractivity (Wildman–Crippen MR) is 97.7 cm³/mol. The van der Waals surface area contributed by atoms with E-state index in [9.17, 15) is 24.0 Å². The Labute approximate surface area is 173 Å². The average Bonchev–Trinajstić information content (AvgIpc) is 2.63. The van der Waals surface area contributed by atoms with Gasteiger partial charge in [0, 0.05) is 34.1 Å². The molecule has 0 saturated carbocycles. The maximum atomic E-state index is 11.7. The SMILES string of the molecule is C=C[C@H](CC=O)O[C@@H]1O[C@H](COC(C)=O)[C@@H](OC(C)=O)[C@H](OC(C)=O)[C@H]1OC(C)=O. The van der Waals surface area contributed by atoms with Crippen LogP contribution in [0.25, 0.3) is 0 Å².